The van der Waals surface area contributed by atoms with Gasteiger partial charge in [-0.15, -0.1) is 0 Å². The van der Waals surface area contributed by atoms with E-state index in [2.05, 4.69) is 28.7 Å². The monoisotopic (exact) mass is 378 g/mol. The molecule has 2 aliphatic carbocycles. The Labute approximate surface area is 165 Å². The summed E-state index contributed by atoms with van der Waals surface area (Å²) >= 11 is 0. The standard InChI is InChI=1S/C23H26N2O3/c1-24-23(26)22(25-27-2)19-9-4-3-6-17(19)14-28-18-8-5-7-16(12-18)21-13-20(21)15-10-11-15/h3-9,12,15,20-21H,10-11,13-14H2,1-2H3,(H,24,26). The van der Waals surface area contributed by atoms with Crippen molar-refractivity contribution >= 4 is 11.6 Å². The van der Waals surface area contributed by atoms with Crippen molar-refractivity contribution < 1.29 is 14.4 Å². The van der Waals surface area contributed by atoms with Crippen molar-refractivity contribution in [3.05, 3.63) is 65.2 Å². The average Bonchev–Trinajstić information content (AvgIpc) is 3.63. The summed E-state index contributed by atoms with van der Waals surface area (Å²) in [5.41, 5.74) is 3.21. The first-order valence-corrected chi connectivity index (χ1v) is 9.85. The molecular weight excluding hydrogens is 352 g/mol. The Balaban J connectivity index is 1.48. The molecule has 2 fully saturated rings. The summed E-state index contributed by atoms with van der Waals surface area (Å²) in [6.07, 6.45) is 4.13. The van der Waals surface area contributed by atoms with E-state index in [-0.39, 0.29) is 11.6 Å². The van der Waals surface area contributed by atoms with E-state index in [4.69, 9.17) is 9.57 Å². The van der Waals surface area contributed by atoms with Crippen molar-refractivity contribution in [1.82, 2.24) is 5.32 Å². The molecule has 2 unspecified atom stereocenters. The van der Waals surface area contributed by atoms with Crippen LogP contribution in [-0.2, 0) is 16.2 Å². The first kappa shape index (κ1) is 18.5. The third-order valence-corrected chi connectivity index (χ3v) is 5.65. The zero-order chi connectivity index (χ0) is 19.5. The fourth-order valence-electron chi connectivity index (χ4n) is 3.94. The van der Waals surface area contributed by atoms with Crippen molar-refractivity contribution in [3.63, 3.8) is 0 Å². The Bertz CT molecular complexity index is 889. The highest BCUT2D eigenvalue weighted by atomic mass is 16.6. The molecule has 2 aromatic carbocycles. The van der Waals surface area contributed by atoms with Crippen LogP contribution in [-0.4, -0.2) is 25.8 Å². The van der Waals surface area contributed by atoms with Gasteiger partial charge in [0.15, 0.2) is 5.71 Å². The van der Waals surface area contributed by atoms with E-state index in [0.717, 1.165) is 23.1 Å². The number of amides is 1. The molecule has 2 atom stereocenters. The number of oxime groups is 1. The van der Waals surface area contributed by atoms with Crippen LogP contribution in [0.5, 0.6) is 5.75 Å². The molecule has 5 nitrogen and oxygen atoms in total. The molecule has 0 aromatic heterocycles. The summed E-state index contributed by atoms with van der Waals surface area (Å²) in [5.74, 6) is 3.12. The van der Waals surface area contributed by atoms with Crippen LogP contribution in [0.25, 0.3) is 0 Å². The van der Waals surface area contributed by atoms with Gasteiger partial charge in [-0.3, -0.25) is 4.79 Å². The summed E-state index contributed by atoms with van der Waals surface area (Å²) in [7, 11) is 3.01. The number of hydrogen-bond acceptors (Lipinski definition) is 4. The fraction of sp³-hybridized carbons (Fsp3) is 0.391. The highest BCUT2D eigenvalue weighted by molar-refractivity contribution is 6.45. The van der Waals surface area contributed by atoms with E-state index in [0.29, 0.717) is 18.1 Å². The number of carbonyl (C=O) groups excluding carboxylic acids is 1. The Morgan fingerprint density at radius 1 is 1.18 bits per heavy atom. The van der Waals surface area contributed by atoms with Gasteiger partial charge in [0.25, 0.3) is 5.91 Å². The van der Waals surface area contributed by atoms with Crippen LogP contribution in [0.2, 0.25) is 0 Å². The molecule has 28 heavy (non-hydrogen) atoms. The van der Waals surface area contributed by atoms with Gasteiger partial charge in [0.2, 0.25) is 0 Å². The van der Waals surface area contributed by atoms with Gasteiger partial charge in [-0.1, -0.05) is 41.6 Å². The minimum absolute atomic E-state index is 0.239. The molecule has 0 spiro atoms. The minimum Gasteiger partial charge on any atom is -0.489 e. The van der Waals surface area contributed by atoms with Crippen LogP contribution in [0.1, 0.15) is 41.9 Å². The maximum absolute atomic E-state index is 12.2. The molecule has 0 radical (unpaired) electrons. The van der Waals surface area contributed by atoms with Crippen LogP contribution < -0.4 is 10.1 Å². The van der Waals surface area contributed by atoms with Crippen molar-refractivity contribution in [2.75, 3.05) is 14.2 Å². The minimum atomic E-state index is -0.295. The smallest absolute Gasteiger partial charge is 0.273 e. The van der Waals surface area contributed by atoms with Gasteiger partial charge in [0.1, 0.15) is 19.5 Å². The fourth-order valence-corrected chi connectivity index (χ4v) is 3.94. The molecule has 1 N–H and O–H groups in total. The van der Waals surface area contributed by atoms with Crippen molar-refractivity contribution in [2.45, 2.75) is 31.8 Å². The molecule has 0 heterocycles. The molecule has 2 aromatic rings. The number of benzene rings is 2. The van der Waals surface area contributed by atoms with Crippen LogP contribution >= 0.6 is 0 Å². The predicted molar refractivity (Wildman–Crippen MR) is 108 cm³/mol. The number of nitrogens with one attached hydrogen (secondary N) is 1. The van der Waals surface area contributed by atoms with E-state index in [1.54, 1.807) is 7.05 Å². The molecule has 2 aliphatic rings. The quantitative estimate of drug-likeness (QED) is 0.560. The number of hydrogen-bond donors (Lipinski definition) is 1. The highest BCUT2D eigenvalue weighted by Crippen LogP contribution is 2.59. The van der Waals surface area contributed by atoms with Crippen molar-refractivity contribution in [2.24, 2.45) is 17.0 Å². The molecule has 1 amide bonds. The summed E-state index contributed by atoms with van der Waals surface area (Å²) < 4.78 is 6.08. The van der Waals surface area contributed by atoms with Crippen LogP contribution in [0.4, 0.5) is 0 Å². The van der Waals surface area contributed by atoms with Crippen molar-refractivity contribution in [1.29, 1.82) is 0 Å². The number of carbonyl (C=O) groups is 1. The van der Waals surface area contributed by atoms with Gasteiger partial charge < -0.3 is 14.9 Å². The van der Waals surface area contributed by atoms with Crippen LogP contribution in [0.15, 0.2) is 53.7 Å². The Morgan fingerprint density at radius 2 is 2.00 bits per heavy atom. The molecule has 0 aliphatic heterocycles. The van der Waals surface area contributed by atoms with Gasteiger partial charge in [-0.2, -0.15) is 0 Å². The van der Waals surface area contributed by atoms with E-state index >= 15 is 0 Å². The largest absolute Gasteiger partial charge is 0.489 e. The molecule has 4 rings (SSSR count). The third-order valence-electron chi connectivity index (χ3n) is 5.65. The molecule has 0 saturated heterocycles. The van der Waals surface area contributed by atoms with Crippen LogP contribution in [0, 0.1) is 11.8 Å². The van der Waals surface area contributed by atoms with Crippen molar-refractivity contribution in [3.8, 4) is 5.75 Å². The van der Waals surface area contributed by atoms with Gasteiger partial charge in [0, 0.05) is 12.6 Å². The van der Waals surface area contributed by atoms with E-state index in [1.807, 2.05) is 30.3 Å². The Hall–Kier alpha value is -2.82. The lowest BCUT2D eigenvalue weighted by Crippen LogP contribution is -2.29. The lowest BCUT2D eigenvalue weighted by atomic mass is 10.0. The highest BCUT2D eigenvalue weighted by Gasteiger charge is 2.47. The van der Waals surface area contributed by atoms with Gasteiger partial charge in [0.05, 0.1) is 0 Å². The number of likely N-dealkylation sites (N-methyl/N-ethyl adjacent to an activating group) is 1. The number of rotatable bonds is 8. The molecule has 146 valence electrons. The third kappa shape index (κ3) is 4.03. The van der Waals surface area contributed by atoms with Gasteiger partial charge in [-0.05, 0) is 60.3 Å². The van der Waals surface area contributed by atoms with Gasteiger partial charge >= 0.3 is 0 Å². The second-order valence-electron chi connectivity index (χ2n) is 7.56. The molecule has 0 bridgehead atoms. The maximum Gasteiger partial charge on any atom is 0.273 e. The van der Waals surface area contributed by atoms with E-state index in [1.165, 1.54) is 31.9 Å². The average molecular weight is 378 g/mol. The second-order valence-corrected chi connectivity index (χ2v) is 7.56. The number of ether oxygens (including phenoxy) is 1. The lowest BCUT2D eigenvalue weighted by Gasteiger charge is -2.13. The Morgan fingerprint density at radius 3 is 2.75 bits per heavy atom. The second kappa shape index (κ2) is 8.05. The van der Waals surface area contributed by atoms with Crippen LogP contribution in [0.3, 0.4) is 0 Å². The summed E-state index contributed by atoms with van der Waals surface area (Å²) in [4.78, 5) is 17.1. The number of nitrogens with zero attached hydrogens (tertiary/aromatic N) is 1. The SMILES string of the molecule is CNC(=O)C(=NOC)c1ccccc1COc1cccc(C2CC2C2CC2)c1. The predicted octanol–water partition coefficient (Wildman–Crippen LogP) is 3.88. The molecular formula is C23H26N2O3. The maximum atomic E-state index is 12.2. The molecule has 2 saturated carbocycles. The first-order chi connectivity index (χ1) is 13.7. The topological polar surface area (TPSA) is 59.9 Å². The summed E-state index contributed by atoms with van der Waals surface area (Å²) in [5, 5.41) is 6.51. The normalized spacial score (nSPS) is 21.1. The Kier molecular flexibility index (Phi) is 5.33. The first-order valence-electron chi connectivity index (χ1n) is 9.85. The summed E-state index contributed by atoms with van der Waals surface area (Å²) in [6, 6.07) is 16.0. The van der Waals surface area contributed by atoms with Gasteiger partial charge in [-0.25, -0.2) is 0 Å². The summed E-state index contributed by atoms with van der Waals surface area (Å²) in [6.45, 7) is 0.357. The molecule has 5 heteroatoms. The zero-order valence-corrected chi connectivity index (χ0v) is 16.4. The lowest BCUT2D eigenvalue weighted by molar-refractivity contribution is -0.114. The van der Waals surface area contributed by atoms with E-state index in [9.17, 15) is 4.79 Å². The zero-order valence-electron chi connectivity index (χ0n) is 16.4. The van der Waals surface area contributed by atoms with E-state index < -0.39 is 0 Å².